The molecule has 0 aliphatic carbocycles. The smallest absolute Gasteiger partial charge is 0.365 e. The van der Waals surface area contributed by atoms with Gasteiger partial charge in [-0.15, -0.1) is 0 Å². The number of halogens is 3. The highest BCUT2D eigenvalue weighted by Gasteiger charge is 2.35. The van der Waals surface area contributed by atoms with Gasteiger partial charge in [-0.05, 0) is 34.9 Å². The van der Waals surface area contributed by atoms with Gasteiger partial charge in [-0.2, -0.15) is 18.2 Å². The van der Waals surface area contributed by atoms with E-state index in [-0.39, 0.29) is 30.6 Å². The van der Waals surface area contributed by atoms with E-state index in [1.54, 1.807) is 42.5 Å². The Labute approximate surface area is 193 Å². The Morgan fingerprint density at radius 2 is 1.85 bits per heavy atom. The third-order valence-corrected chi connectivity index (χ3v) is 5.90. The van der Waals surface area contributed by atoms with Gasteiger partial charge in [0.25, 0.3) is 0 Å². The molecule has 0 atom stereocenters. The molecule has 0 radical (unpaired) electrons. The number of nitrogens with zero attached hydrogens (tertiary/aromatic N) is 2. The van der Waals surface area contributed by atoms with Crippen molar-refractivity contribution in [3.05, 3.63) is 70.9 Å². The highest BCUT2D eigenvalue weighted by molar-refractivity contribution is 7.89. The lowest BCUT2D eigenvalue weighted by Gasteiger charge is -2.16. The summed E-state index contributed by atoms with van der Waals surface area (Å²) in [6, 6.07) is 11.6. The summed E-state index contributed by atoms with van der Waals surface area (Å²) in [6.45, 7) is -0.0716. The highest BCUT2D eigenvalue weighted by Crippen LogP contribution is 2.35. The summed E-state index contributed by atoms with van der Waals surface area (Å²) in [5.41, 5.74) is 1.91. The first-order valence-corrected chi connectivity index (χ1v) is 12.2. The van der Waals surface area contributed by atoms with Crippen LogP contribution in [0, 0.1) is 0 Å². The summed E-state index contributed by atoms with van der Waals surface area (Å²) in [5.74, 6) is -0.890. The monoisotopic (exact) mass is 491 g/mol. The molecular formula is C22H20F3N5O3S. The van der Waals surface area contributed by atoms with Crippen molar-refractivity contribution >= 4 is 38.9 Å². The summed E-state index contributed by atoms with van der Waals surface area (Å²) in [6.07, 6.45) is -2.73. The maximum absolute atomic E-state index is 13.6. The maximum Gasteiger partial charge on any atom is 0.421 e. The number of benzene rings is 2. The minimum Gasteiger partial charge on any atom is -0.365 e. The molecule has 2 heterocycles. The minimum atomic E-state index is -4.70. The van der Waals surface area contributed by atoms with Crippen LogP contribution in [0.5, 0.6) is 0 Å². The molecule has 1 aliphatic heterocycles. The van der Waals surface area contributed by atoms with Gasteiger partial charge in [0, 0.05) is 30.4 Å². The van der Waals surface area contributed by atoms with Crippen molar-refractivity contribution in [1.29, 1.82) is 0 Å². The van der Waals surface area contributed by atoms with E-state index in [1.807, 2.05) is 0 Å². The number of anilines is 4. The van der Waals surface area contributed by atoms with Gasteiger partial charge in [-0.3, -0.25) is 4.79 Å². The van der Waals surface area contributed by atoms with Crippen molar-refractivity contribution in [3.8, 4) is 0 Å². The molecule has 0 fully saturated rings. The van der Waals surface area contributed by atoms with Gasteiger partial charge < -0.3 is 16.0 Å². The third-order valence-electron chi connectivity index (χ3n) is 5.06. The van der Waals surface area contributed by atoms with Crippen molar-refractivity contribution in [1.82, 2.24) is 9.97 Å². The molecule has 0 bridgehead atoms. The van der Waals surface area contributed by atoms with Crippen LogP contribution < -0.4 is 16.0 Å². The maximum atomic E-state index is 13.6. The van der Waals surface area contributed by atoms with Crippen LogP contribution in [0.1, 0.15) is 22.3 Å². The zero-order chi connectivity index (χ0) is 24.5. The molecule has 34 heavy (non-hydrogen) atoms. The molecule has 178 valence electrons. The van der Waals surface area contributed by atoms with Crippen molar-refractivity contribution in [2.24, 2.45) is 0 Å². The first kappa shape index (κ1) is 23.5. The molecule has 1 amide bonds. The van der Waals surface area contributed by atoms with Gasteiger partial charge >= 0.3 is 6.18 Å². The Kier molecular flexibility index (Phi) is 6.17. The number of hydrogen-bond donors (Lipinski definition) is 3. The number of sulfone groups is 1. The topological polar surface area (TPSA) is 113 Å². The van der Waals surface area contributed by atoms with E-state index in [2.05, 4.69) is 25.9 Å². The summed E-state index contributed by atoms with van der Waals surface area (Å²) in [5, 5.41) is 8.24. The number of hydrogen-bond acceptors (Lipinski definition) is 7. The second-order valence-electron chi connectivity index (χ2n) is 7.87. The van der Waals surface area contributed by atoms with Crippen molar-refractivity contribution < 1.29 is 26.4 Å². The SMILES string of the molecule is CS(=O)(=O)Cc1ccccc1CNc1nc(Nc2ccc3c(c2)CC(=O)N3)ncc1C(F)(F)F. The highest BCUT2D eigenvalue weighted by atomic mass is 32.2. The number of amides is 1. The summed E-state index contributed by atoms with van der Waals surface area (Å²) < 4.78 is 64.1. The van der Waals surface area contributed by atoms with Crippen molar-refractivity contribution in [3.63, 3.8) is 0 Å². The molecule has 1 aromatic heterocycles. The molecule has 2 aromatic carbocycles. The van der Waals surface area contributed by atoms with Gasteiger partial charge in [0.2, 0.25) is 11.9 Å². The van der Waals surface area contributed by atoms with Gasteiger partial charge in [0.1, 0.15) is 11.4 Å². The van der Waals surface area contributed by atoms with Crippen LogP contribution in [0.2, 0.25) is 0 Å². The Morgan fingerprint density at radius 1 is 1.12 bits per heavy atom. The Morgan fingerprint density at radius 3 is 2.56 bits per heavy atom. The predicted molar refractivity (Wildman–Crippen MR) is 121 cm³/mol. The van der Waals surface area contributed by atoms with E-state index in [0.717, 1.165) is 11.8 Å². The number of fused-ring (bicyclic) bond motifs is 1. The van der Waals surface area contributed by atoms with Gasteiger partial charge in [0.05, 0.1) is 12.2 Å². The molecule has 1 aliphatic rings. The fourth-order valence-corrected chi connectivity index (χ4v) is 4.40. The summed E-state index contributed by atoms with van der Waals surface area (Å²) in [7, 11) is -3.33. The molecule has 0 spiro atoms. The number of aromatic nitrogens is 2. The molecule has 3 aromatic rings. The third kappa shape index (κ3) is 5.63. The fourth-order valence-electron chi connectivity index (χ4n) is 3.55. The van der Waals surface area contributed by atoms with Gasteiger partial charge in [-0.1, -0.05) is 24.3 Å². The molecular weight excluding hydrogens is 471 g/mol. The Hall–Kier alpha value is -3.67. The van der Waals surface area contributed by atoms with Gasteiger partial charge in [0.15, 0.2) is 9.84 Å². The van der Waals surface area contributed by atoms with E-state index in [1.165, 1.54) is 0 Å². The first-order chi connectivity index (χ1) is 16.0. The number of carbonyl (C=O) groups excluding carboxylic acids is 1. The van der Waals surface area contributed by atoms with E-state index in [9.17, 15) is 26.4 Å². The lowest BCUT2D eigenvalue weighted by Crippen LogP contribution is -2.15. The standard InChI is InChI=1S/C22H20F3N5O3S/c1-34(32,33)12-14-5-3-2-4-13(14)10-26-20-17(22(23,24)25)11-27-21(30-20)28-16-6-7-18-15(8-16)9-19(31)29-18/h2-8,11H,9-10,12H2,1H3,(H,29,31)(H2,26,27,28,30). The largest absolute Gasteiger partial charge is 0.421 e. The van der Waals surface area contributed by atoms with Crippen molar-refractivity contribution in [2.45, 2.75) is 24.9 Å². The van der Waals surface area contributed by atoms with Crippen LogP contribution in [-0.2, 0) is 39.5 Å². The summed E-state index contributed by atoms with van der Waals surface area (Å²) >= 11 is 0. The number of alkyl halides is 3. The van der Waals surface area contributed by atoms with E-state index < -0.39 is 27.4 Å². The first-order valence-electron chi connectivity index (χ1n) is 10.1. The van der Waals surface area contributed by atoms with Crippen LogP contribution in [-0.4, -0.2) is 30.5 Å². The average Bonchev–Trinajstić information content (AvgIpc) is 3.10. The zero-order valence-corrected chi connectivity index (χ0v) is 18.7. The zero-order valence-electron chi connectivity index (χ0n) is 17.9. The Bertz CT molecular complexity index is 1360. The normalized spacial score (nSPS) is 13.4. The number of nitrogens with one attached hydrogen (secondary N) is 3. The molecule has 0 saturated carbocycles. The quantitative estimate of drug-likeness (QED) is 0.460. The minimum absolute atomic E-state index is 0.0716. The van der Waals surface area contributed by atoms with Crippen LogP contribution in [0.3, 0.4) is 0 Å². The Balaban J connectivity index is 1.59. The number of carbonyl (C=O) groups is 1. The predicted octanol–water partition coefficient (Wildman–Crippen LogP) is 3.89. The van der Waals surface area contributed by atoms with Crippen LogP contribution in [0.15, 0.2) is 48.7 Å². The molecule has 4 rings (SSSR count). The van der Waals surface area contributed by atoms with Crippen LogP contribution in [0.25, 0.3) is 0 Å². The lowest BCUT2D eigenvalue weighted by molar-refractivity contribution is -0.137. The molecule has 8 nitrogen and oxygen atoms in total. The molecule has 3 N–H and O–H groups in total. The van der Waals surface area contributed by atoms with Crippen molar-refractivity contribution in [2.75, 3.05) is 22.2 Å². The van der Waals surface area contributed by atoms with E-state index >= 15 is 0 Å². The second-order valence-corrected chi connectivity index (χ2v) is 10.0. The second kappa shape index (κ2) is 8.93. The van der Waals surface area contributed by atoms with Crippen LogP contribution >= 0.6 is 0 Å². The molecule has 0 unspecified atom stereocenters. The van der Waals surface area contributed by atoms with Gasteiger partial charge in [-0.25, -0.2) is 13.4 Å². The average molecular weight is 491 g/mol. The molecule has 12 heteroatoms. The fraction of sp³-hybridized carbons (Fsp3) is 0.227. The van der Waals surface area contributed by atoms with E-state index in [0.29, 0.717) is 28.7 Å². The van der Waals surface area contributed by atoms with E-state index in [4.69, 9.17) is 0 Å². The molecule has 0 saturated heterocycles. The van der Waals surface area contributed by atoms with Crippen LogP contribution in [0.4, 0.5) is 36.3 Å². The summed E-state index contributed by atoms with van der Waals surface area (Å²) in [4.78, 5) is 19.3. The lowest BCUT2D eigenvalue weighted by atomic mass is 10.1. The number of rotatable bonds is 7.